The summed E-state index contributed by atoms with van der Waals surface area (Å²) in [7, 11) is 2.08. The lowest BCUT2D eigenvalue weighted by molar-refractivity contribution is 0.642. The van der Waals surface area contributed by atoms with Gasteiger partial charge in [0.05, 0.1) is 4.60 Å². The molecule has 2 heterocycles. The number of rotatable bonds is 7. The average molecular weight is 441 g/mol. The van der Waals surface area contributed by atoms with Crippen LogP contribution >= 0.6 is 15.9 Å². The molecule has 1 saturated carbocycles. The Morgan fingerprint density at radius 3 is 2.46 bits per heavy atom. The summed E-state index contributed by atoms with van der Waals surface area (Å²) in [6, 6.07) is 4.49. The van der Waals surface area contributed by atoms with Gasteiger partial charge in [-0.1, -0.05) is 43.4 Å². The lowest BCUT2D eigenvalue weighted by atomic mass is 9.95. The van der Waals surface area contributed by atoms with Crippen LogP contribution in [0.4, 0.5) is 5.82 Å². The second kappa shape index (κ2) is 7.86. The molecule has 0 amide bonds. The van der Waals surface area contributed by atoms with E-state index in [1.165, 1.54) is 54.4 Å². The Hall–Kier alpha value is -1.88. The molecule has 0 radical (unpaired) electrons. The van der Waals surface area contributed by atoms with Crippen molar-refractivity contribution in [2.75, 3.05) is 11.9 Å². The number of halogens is 1. The predicted octanol–water partition coefficient (Wildman–Crippen LogP) is 6.32. The minimum Gasteiger partial charge on any atom is -0.368 e. The molecule has 0 atom stereocenters. The van der Waals surface area contributed by atoms with Gasteiger partial charge in [-0.15, -0.1) is 0 Å². The Bertz CT molecular complexity index is 994. The van der Waals surface area contributed by atoms with Crippen molar-refractivity contribution in [1.82, 2.24) is 14.5 Å². The molecule has 4 nitrogen and oxygen atoms in total. The molecule has 148 valence electrons. The fourth-order valence-corrected chi connectivity index (χ4v) is 4.90. The van der Waals surface area contributed by atoms with Crippen LogP contribution in [-0.4, -0.2) is 21.1 Å². The van der Waals surface area contributed by atoms with Crippen LogP contribution in [-0.2, 0) is 7.05 Å². The first kappa shape index (κ1) is 19.4. The van der Waals surface area contributed by atoms with E-state index < -0.39 is 0 Å². The van der Waals surface area contributed by atoms with E-state index in [0.29, 0.717) is 0 Å². The van der Waals surface area contributed by atoms with E-state index in [-0.39, 0.29) is 0 Å². The molecule has 0 aliphatic heterocycles. The van der Waals surface area contributed by atoms with Crippen LogP contribution < -0.4 is 5.32 Å². The molecule has 28 heavy (non-hydrogen) atoms. The number of unbranched alkanes of at least 4 members (excludes halogenated alkanes) is 1. The van der Waals surface area contributed by atoms with Gasteiger partial charge in [-0.2, -0.15) is 0 Å². The van der Waals surface area contributed by atoms with Crippen molar-refractivity contribution in [2.45, 2.75) is 52.9 Å². The second-order valence-corrected chi connectivity index (χ2v) is 9.04. The Labute approximate surface area is 175 Å². The normalized spacial score (nSPS) is 14.0. The van der Waals surface area contributed by atoms with E-state index in [1.54, 1.807) is 6.33 Å². The quantitative estimate of drug-likeness (QED) is 0.437. The maximum Gasteiger partial charge on any atom is 0.154 e. The van der Waals surface area contributed by atoms with Gasteiger partial charge in [0, 0.05) is 19.2 Å². The van der Waals surface area contributed by atoms with E-state index in [0.717, 1.165) is 39.5 Å². The van der Waals surface area contributed by atoms with Gasteiger partial charge in [-0.25, -0.2) is 9.97 Å². The number of aromatic nitrogens is 3. The van der Waals surface area contributed by atoms with Crippen molar-refractivity contribution in [1.29, 1.82) is 0 Å². The molecule has 4 rings (SSSR count). The van der Waals surface area contributed by atoms with Crippen molar-refractivity contribution in [2.24, 2.45) is 13.0 Å². The van der Waals surface area contributed by atoms with Crippen molar-refractivity contribution in [3.05, 3.63) is 39.8 Å². The van der Waals surface area contributed by atoms with Crippen LogP contribution in [0.2, 0.25) is 0 Å². The Balaban J connectivity index is 1.68. The Morgan fingerprint density at radius 1 is 1.07 bits per heavy atom. The van der Waals surface area contributed by atoms with Crippen LogP contribution in [0.5, 0.6) is 0 Å². The van der Waals surface area contributed by atoms with E-state index >= 15 is 0 Å². The molecule has 1 fully saturated rings. The highest BCUT2D eigenvalue weighted by Gasteiger charge is 2.22. The minimum atomic E-state index is 0.924. The van der Waals surface area contributed by atoms with Gasteiger partial charge in [0.1, 0.15) is 17.4 Å². The van der Waals surface area contributed by atoms with Crippen molar-refractivity contribution >= 4 is 32.8 Å². The van der Waals surface area contributed by atoms with E-state index in [4.69, 9.17) is 0 Å². The van der Waals surface area contributed by atoms with Crippen LogP contribution in [0.1, 0.15) is 48.8 Å². The first-order chi connectivity index (χ1) is 13.5. The zero-order valence-electron chi connectivity index (χ0n) is 17.3. The molecule has 1 N–H and O–H groups in total. The molecule has 0 unspecified atom stereocenters. The first-order valence-corrected chi connectivity index (χ1v) is 11.1. The molecular weight excluding hydrogens is 412 g/mol. The van der Waals surface area contributed by atoms with Crippen LogP contribution in [0.3, 0.4) is 0 Å². The third-order valence-corrected chi connectivity index (χ3v) is 6.78. The molecule has 1 aliphatic carbocycles. The number of aryl methyl sites for hydroxylation is 4. The molecule has 5 heteroatoms. The fraction of sp³-hybridized carbons (Fsp3) is 0.478. The average Bonchev–Trinajstić information content (AvgIpc) is 3.43. The Morgan fingerprint density at radius 2 is 1.79 bits per heavy atom. The monoisotopic (exact) mass is 440 g/mol. The van der Waals surface area contributed by atoms with Gasteiger partial charge in [-0.3, -0.25) is 0 Å². The topological polar surface area (TPSA) is 42.7 Å². The zero-order valence-corrected chi connectivity index (χ0v) is 18.9. The van der Waals surface area contributed by atoms with Gasteiger partial charge < -0.3 is 9.88 Å². The SMILES string of the molecule is Cc1cc(C)c(-c2c(Br)n(C)c3c(NCCCCC4CC4)ncnc23)c(C)c1. The molecular formula is C23H29BrN4. The van der Waals surface area contributed by atoms with Gasteiger partial charge in [-0.05, 0) is 65.7 Å². The highest BCUT2D eigenvalue weighted by atomic mass is 79.9. The van der Waals surface area contributed by atoms with Gasteiger partial charge in [0.15, 0.2) is 5.82 Å². The molecule has 1 aromatic carbocycles. The summed E-state index contributed by atoms with van der Waals surface area (Å²) >= 11 is 3.83. The zero-order chi connectivity index (χ0) is 19.8. The molecule has 0 spiro atoms. The predicted molar refractivity (Wildman–Crippen MR) is 121 cm³/mol. The third kappa shape index (κ3) is 3.69. The van der Waals surface area contributed by atoms with E-state index in [9.17, 15) is 0 Å². The van der Waals surface area contributed by atoms with Crippen LogP contribution in [0.15, 0.2) is 23.1 Å². The maximum absolute atomic E-state index is 4.68. The van der Waals surface area contributed by atoms with Crippen molar-refractivity contribution in [3.8, 4) is 11.1 Å². The highest BCUT2D eigenvalue weighted by molar-refractivity contribution is 9.10. The number of fused-ring (bicyclic) bond motifs is 1. The van der Waals surface area contributed by atoms with Gasteiger partial charge in [0.25, 0.3) is 0 Å². The lowest BCUT2D eigenvalue weighted by Gasteiger charge is -2.11. The van der Waals surface area contributed by atoms with Crippen molar-refractivity contribution < 1.29 is 0 Å². The molecule has 0 saturated heterocycles. The smallest absolute Gasteiger partial charge is 0.154 e. The van der Waals surface area contributed by atoms with Crippen LogP contribution in [0, 0.1) is 26.7 Å². The number of nitrogens with zero attached hydrogens (tertiary/aromatic N) is 3. The largest absolute Gasteiger partial charge is 0.368 e. The molecule has 3 aromatic rings. The number of anilines is 1. The summed E-state index contributed by atoms with van der Waals surface area (Å²) in [6.45, 7) is 7.47. The summed E-state index contributed by atoms with van der Waals surface area (Å²) in [4.78, 5) is 9.23. The van der Waals surface area contributed by atoms with E-state index in [1.807, 2.05) is 0 Å². The maximum atomic E-state index is 4.68. The van der Waals surface area contributed by atoms with Crippen molar-refractivity contribution in [3.63, 3.8) is 0 Å². The fourth-order valence-electron chi connectivity index (χ4n) is 4.34. The number of hydrogen-bond donors (Lipinski definition) is 1. The molecule has 0 bridgehead atoms. The van der Waals surface area contributed by atoms with E-state index in [2.05, 4.69) is 75.7 Å². The molecule has 2 aromatic heterocycles. The number of hydrogen-bond acceptors (Lipinski definition) is 3. The van der Waals surface area contributed by atoms with Gasteiger partial charge in [0.2, 0.25) is 0 Å². The summed E-state index contributed by atoms with van der Waals surface area (Å²) in [5, 5.41) is 3.56. The van der Waals surface area contributed by atoms with Gasteiger partial charge >= 0.3 is 0 Å². The number of nitrogens with one attached hydrogen (secondary N) is 1. The Kier molecular flexibility index (Phi) is 5.46. The summed E-state index contributed by atoms with van der Waals surface area (Å²) in [5.74, 6) is 1.94. The summed E-state index contributed by atoms with van der Waals surface area (Å²) in [5.41, 5.74) is 8.32. The third-order valence-electron chi connectivity index (χ3n) is 5.85. The minimum absolute atomic E-state index is 0.924. The first-order valence-electron chi connectivity index (χ1n) is 10.3. The van der Waals surface area contributed by atoms with Crippen LogP contribution in [0.25, 0.3) is 22.2 Å². The molecule has 1 aliphatic rings. The summed E-state index contributed by atoms with van der Waals surface area (Å²) in [6.07, 6.45) is 8.44. The standard InChI is InChI=1S/C23H29BrN4/c1-14-11-15(2)18(16(3)12-14)19-20-21(28(4)22(19)24)23(27-13-26-20)25-10-6-5-7-17-8-9-17/h11-13,17H,5-10H2,1-4H3,(H,25,26,27). The number of benzene rings is 1. The lowest BCUT2D eigenvalue weighted by Crippen LogP contribution is -2.06. The highest BCUT2D eigenvalue weighted by Crippen LogP contribution is 2.41. The second-order valence-electron chi connectivity index (χ2n) is 8.28. The summed E-state index contributed by atoms with van der Waals surface area (Å²) < 4.78 is 3.21.